The maximum Gasteiger partial charge on any atom is 0.133 e. The molecule has 0 radical (unpaired) electrons. The van der Waals surface area contributed by atoms with E-state index < -0.39 is 11.9 Å². The molecule has 8 nitrogen and oxygen atoms in total. The number of methoxy groups -OCH3 is 1. The van der Waals surface area contributed by atoms with E-state index >= 15 is 0 Å². The summed E-state index contributed by atoms with van der Waals surface area (Å²) in [5, 5.41) is 18.8. The number of carbonyl (C=O) groups is 2. The van der Waals surface area contributed by atoms with Crippen molar-refractivity contribution in [3.63, 3.8) is 0 Å². The van der Waals surface area contributed by atoms with Crippen LogP contribution in [0.1, 0.15) is 37.3 Å². The number of aryl methyl sites for hydroxylation is 1. The monoisotopic (exact) mass is 541 g/mol. The number of aliphatic carboxylic acids is 2. The molecule has 2 heterocycles. The van der Waals surface area contributed by atoms with Crippen molar-refractivity contribution in [1.82, 2.24) is 4.90 Å². The molecule has 4 rings (SSSR count). The van der Waals surface area contributed by atoms with E-state index in [1.807, 2.05) is 30.0 Å². The zero-order valence-electron chi connectivity index (χ0n) is 22.0. The second-order valence-electron chi connectivity index (χ2n) is 9.01. The number of hydrogen-bond acceptors (Lipinski definition) is 9. The van der Waals surface area contributed by atoms with E-state index in [-0.39, 0.29) is 0 Å². The molecule has 1 atom stereocenters. The molecule has 0 bridgehead atoms. The number of fused-ring (bicyclic) bond motifs is 2. The lowest BCUT2D eigenvalue weighted by molar-refractivity contribution is -0.301. The van der Waals surface area contributed by atoms with Crippen LogP contribution in [0.3, 0.4) is 0 Å². The number of carboxylic acid groups (broad SMARTS) is 2. The van der Waals surface area contributed by atoms with Crippen molar-refractivity contribution in [2.24, 2.45) is 0 Å². The molecule has 1 unspecified atom stereocenters. The van der Waals surface area contributed by atoms with E-state index in [1.165, 1.54) is 34.6 Å². The molecule has 0 fully saturated rings. The molecule has 0 amide bonds. The molecule has 9 heteroatoms. The summed E-state index contributed by atoms with van der Waals surface area (Å²) in [6.45, 7) is 5.84. The third-order valence-corrected chi connectivity index (χ3v) is 7.55. The average molecular weight is 542 g/mol. The standard InChI is InChI=1S/C25H33NO3S.C4H4O4/c1-3-13-26(20-17-21-22(27-2)10-5-11-23(21)29-18-20)14-7-15-28-24-12-4-8-19-9-6-16-30-25(19)24;5-3(6)1-2-4(7)8/h4-5,8,10-12,20H,3,6-7,9,13-18H2,1-2H3;1-2H,(H,5,6)(H,7,8)/p-2. The lowest BCUT2D eigenvalue weighted by atomic mass is 10.00. The van der Waals surface area contributed by atoms with Crippen LogP contribution in [0.5, 0.6) is 17.2 Å². The molecule has 0 aliphatic carbocycles. The Hall–Kier alpha value is -3.17. The van der Waals surface area contributed by atoms with E-state index in [0.717, 1.165) is 62.8 Å². The van der Waals surface area contributed by atoms with Crippen molar-refractivity contribution >= 4 is 23.7 Å². The first-order valence-corrected chi connectivity index (χ1v) is 13.9. The summed E-state index contributed by atoms with van der Waals surface area (Å²) < 4.78 is 17.9. The molecule has 206 valence electrons. The van der Waals surface area contributed by atoms with Crippen molar-refractivity contribution in [3.05, 3.63) is 59.7 Å². The number of carbonyl (C=O) groups excluding carboxylic acids is 2. The number of thioether (sulfide) groups is 1. The Kier molecular flexibility index (Phi) is 11.8. The molecule has 2 aromatic rings. The smallest absolute Gasteiger partial charge is 0.133 e. The maximum atomic E-state index is 9.41. The number of ether oxygens (including phenoxy) is 3. The van der Waals surface area contributed by atoms with Crippen LogP contribution >= 0.6 is 11.8 Å². The number of hydrogen-bond donors (Lipinski definition) is 0. The number of carboxylic acids is 2. The van der Waals surface area contributed by atoms with Crippen LogP contribution in [0.4, 0.5) is 0 Å². The predicted molar refractivity (Wildman–Crippen MR) is 143 cm³/mol. The van der Waals surface area contributed by atoms with Gasteiger partial charge in [0.2, 0.25) is 0 Å². The van der Waals surface area contributed by atoms with E-state index in [2.05, 4.69) is 30.0 Å². The molecule has 0 aromatic heterocycles. The minimum Gasteiger partial charge on any atom is -0.545 e. The second kappa shape index (κ2) is 15.3. The summed E-state index contributed by atoms with van der Waals surface area (Å²) in [6, 6.07) is 13.0. The van der Waals surface area contributed by atoms with Crippen molar-refractivity contribution in [3.8, 4) is 17.2 Å². The van der Waals surface area contributed by atoms with Gasteiger partial charge in [0.15, 0.2) is 0 Å². The Bertz CT molecular complexity index is 1070. The number of benzene rings is 2. The molecular weight excluding hydrogens is 506 g/mol. The van der Waals surface area contributed by atoms with Gasteiger partial charge in [0.05, 0.1) is 30.6 Å². The highest BCUT2D eigenvalue weighted by Crippen LogP contribution is 2.37. The maximum absolute atomic E-state index is 9.41. The van der Waals surface area contributed by atoms with Crippen LogP contribution in [-0.2, 0) is 22.4 Å². The summed E-state index contributed by atoms with van der Waals surface area (Å²) in [4.78, 5) is 22.8. The molecule has 0 saturated heterocycles. The summed E-state index contributed by atoms with van der Waals surface area (Å²) in [5.41, 5.74) is 2.64. The van der Waals surface area contributed by atoms with E-state index in [1.54, 1.807) is 7.11 Å². The Labute approximate surface area is 228 Å². The zero-order chi connectivity index (χ0) is 27.3. The van der Waals surface area contributed by atoms with Gasteiger partial charge in [0.1, 0.15) is 23.9 Å². The molecule has 0 saturated carbocycles. The van der Waals surface area contributed by atoms with E-state index in [4.69, 9.17) is 14.2 Å². The van der Waals surface area contributed by atoms with Gasteiger partial charge in [-0.2, -0.15) is 0 Å². The first-order valence-electron chi connectivity index (χ1n) is 12.9. The minimum atomic E-state index is -1.55. The van der Waals surface area contributed by atoms with Crippen molar-refractivity contribution in [2.75, 3.05) is 39.2 Å². The molecule has 0 spiro atoms. The third-order valence-electron chi connectivity index (χ3n) is 6.31. The largest absolute Gasteiger partial charge is 0.545 e. The Balaban J connectivity index is 0.000000436. The third kappa shape index (κ3) is 8.70. The number of nitrogens with zero attached hydrogens (tertiary/aromatic N) is 1. The fraction of sp³-hybridized carbons (Fsp3) is 0.448. The Morgan fingerprint density at radius 1 is 1.11 bits per heavy atom. The van der Waals surface area contributed by atoms with E-state index in [9.17, 15) is 19.8 Å². The molecule has 2 aliphatic rings. The van der Waals surface area contributed by atoms with Gasteiger partial charge in [0, 0.05) is 18.2 Å². The fourth-order valence-corrected chi connectivity index (χ4v) is 5.73. The Morgan fingerprint density at radius 2 is 1.84 bits per heavy atom. The van der Waals surface area contributed by atoms with Gasteiger partial charge in [-0.15, -0.1) is 11.8 Å². The summed E-state index contributed by atoms with van der Waals surface area (Å²) in [7, 11) is 1.74. The normalized spacial score (nSPS) is 16.0. The predicted octanol–water partition coefficient (Wildman–Crippen LogP) is 2.26. The van der Waals surface area contributed by atoms with Gasteiger partial charge in [0.25, 0.3) is 0 Å². The molecular formula is C29H35NO7S-2. The van der Waals surface area contributed by atoms with Crippen molar-refractivity contribution in [1.29, 1.82) is 0 Å². The number of rotatable bonds is 11. The minimum absolute atomic E-state index is 0.383. The fourth-order valence-electron chi connectivity index (χ4n) is 4.61. The summed E-state index contributed by atoms with van der Waals surface area (Å²) >= 11 is 1.94. The topological polar surface area (TPSA) is 111 Å². The highest BCUT2D eigenvalue weighted by molar-refractivity contribution is 7.99. The van der Waals surface area contributed by atoms with Crippen LogP contribution < -0.4 is 24.4 Å². The molecule has 2 aromatic carbocycles. The summed E-state index contributed by atoms with van der Waals surface area (Å²) in [5.74, 6) is 1.08. The van der Waals surface area contributed by atoms with Crippen LogP contribution in [0, 0.1) is 0 Å². The molecule has 38 heavy (non-hydrogen) atoms. The average Bonchev–Trinajstić information content (AvgIpc) is 2.93. The van der Waals surface area contributed by atoms with Crippen LogP contribution in [0.25, 0.3) is 0 Å². The van der Waals surface area contributed by atoms with Gasteiger partial charge in [-0.25, -0.2) is 0 Å². The van der Waals surface area contributed by atoms with Gasteiger partial charge >= 0.3 is 0 Å². The highest BCUT2D eigenvalue weighted by Gasteiger charge is 2.27. The van der Waals surface area contributed by atoms with Gasteiger partial charge in [-0.1, -0.05) is 25.1 Å². The Morgan fingerprint density at radius 3 is 2.55 bits per heavy atom. The lowest BCUT2D eigenvalue weighted by Crippen LogP contribution is -2.44. The first kappa shape index (κ1) is 29.4. The van der Waals surface area contributed by atoms with Crippen LogP contribution in [-0.4, -0.2) is 62.0 Å². The van der Waals surface area contributed by atoms with Crippen molar-refractivity contribution < 1.29 is 34.0 Å². The van der Waals surface area contributed by atoms with Crippen LogP contribution in [0.15, 0.2) is 53.4 Å². The quantitative estimate of drug-likeness (QED) is 0.312. The van der Waals surface area contributed by atoms with Gasteiger partial charge < -0.3 is 34.0 Å². The zero-order valence-corrected chi connectivity index (χ0v) is 22.8. The second-order valence-corrected chi connectivity index (χ2v) is 10.1. The van der Waals surface area contributed by atoms with Crippen LogP contribution in [0.2, 0.25) is 0 Å². The molecule has 0 N–H and O–H groups in total. The summed E-state index contributed by atoms with van der Waals surface area (Å²) in [6.07, 6.45) is 6.34. The van der Waals surface area contributed by atoms with Gasteiger partial charge in [-0.3, -0.25) is 4.90 Å². The molecule has 2 aliphatic heterocycles. The lowest BCUT2D eigenvalue weighted by Gasteiger charge is -2.35. The van der Waals surface area contributed by atoms with Crippen molar-refractivity contribution in [2.45, 2.75) is 50.0 Å². The SMILES string of the molecule is CCCN(CCCOc1cccc2c1SCCC2)C1COc2cccc(OC)c2C1.O=C([O-])C=CC(=O)[O-]. The van der Waals surface area contributed by atoms with E-state index in [0.29, 0.717) is 18.2 Å². The highest BCUT2D eigenvalue weighted by atomic mass is 32.2. The first-order chi connectivity index (χ1) is 18.4. The van der Waals surface area contributed by atoms with Gasteiger partial charge in [-0.05, 0) is 80.3 Å².